The molecule has 0 aromatic heterocycles. The second-order valence-electron chi connectivity index (χ2n) is 4.35. The van der Waals surface area contributed by atoms with Crippen LogP contribution in [0.1, 0.15) is 17.5 Å². The highest BCUT2D eigenvalue weighted by Crippen LogP contribution is 2.26. The fourth-order valence-electron chi connectivity index (χ4n) is 2.19. The lowest BCUT2D eigenvalue weighted by Crippen LogP contribution is -2.44. The summed E-state index contributed by atoms with van der Waals surface area (Å²) in [5, 5.41) is 0. The highest BCUT2D eigenvalue weighted by Gasteiger charge is 2.20. The van der Waals surface area contributed by atoms with Gasteiger partial charge in [0.25, 0.3) is 5.91 Å². The zero-order valence-corrected chi connectivity index (χ0v) is 10.4. The third-order valence-electron chi connectivity index (χ3n) is 3.10. The SMILES string of the molecule is COCC(Oc1ccc2c(c1)CCC2)C(=O)NN. The highest BCUT2D eigenvalue weighted by atomic mass is 16.5. The van der Waals surface area contributed by atoms with Gasteiger partial charge in [0.2, 0.25) is 6.10 Å². The van der Waals surface area contributed by atoms with Gasteiger partial charge in [-0.1, -0.05) is 6.07 Å². The lowest BCUT2D eigenvalue weighted by atomic mass is 10.1. The van der Waals surface area contributed by atoms with Gasteiger partial charge in [0.15, 0.2) is 0 Å². The van der Waals surface area contributed by atoms with Crippen molar-refractivity contribution in [2.24, 2.45) is 5.84 Å². The molecule has 0 bridgehead atoms. The molecule has 0 saturated heterocycles. The Bertz CT molecular complexity index is 434. The molecule has 0 radical (unpaired) electrons. The second-order valence-corrected chi connectivity index (χ2v) is 4.35. The quantitative estimate of drug-likeness (QED) is 0.455. The Morgan fingerprint density at radius 3 is 2.94 bits per heavy atom. The van der Waals surface area contributed by atoms with Crippen molar-refractivity contribution in [1.29, 1.82) is 0 Å². The van der Waals surface area contributed by atoms with Gasteiger partial charge in [0, 0.05) is 7.11 Å². The Morgan fingerprint density at radius 1 is 1.44 bits per heavy atom. The lowest BCUT2D eigenvalue weighted by molar-refractivity contribution is -0.130. The first-order chi connectivity index (χ1) is 8.74. The molecule has 1 aliphatic rings. The number of rotatable bonds is 5. The summed E-state index contributed by atoms with van der Waals surface area (Å²) in [6, 6.07) is 5.94. The van der Waals surface area contributed by atoms with E-state index in [1.807, 2.05) is 12.1 Å². The number of benzene rings is 1. The summed E-state index contributed by atoms with van der Waals surface area (Å²) in [6.07, 6.45) is 2.66. The smallest absolute Gasteiger partial charge is 0.277 e. The molecule has 5 heteroatoms. The van der Waals surface area contributed by atoms with E-state index in [1.165, 1.54) is 24.7 Å². The number of hydrogen-bond acceptors (Lipinski definition) is 4. The van der Waals surface area contributed by atoms with Gasteiger partial charge < -0.3 is 9.47 Å². The van der Waals surface area contributed by atoms with Crippen molar-refractivity contribution < 1.29 is 14.3 Å². The van der Waals surface area contributed by atoms with Gasteiger partial charge in [0.05, 0.1) is 6.61 Å². The maximum Gasteiger partial charge on any atom is 0.277 e. The number of nitrogens with one attached hydrogen (secondary N) is 1. The van der Waals surface area contributed by atoms with E-state index in [1.54, 1.807) is 0 Å². The monoisotopic (exact) mass is 250 g/mol. The van der Waals surface area contributed by atoms with Crippen molar-refractivity contribution in [2.45, 2.75) is 25.4 Å². The maximum atomic E-state index is 11.5. The van der Waals surface area contributed by atoms with Crippen LogP contribution in [0, 0.1) is 0 Å². The molecular weight excluding hydrogens is 232 g/mol. The number of carbonyl (C=O) groups is 1. The van der Waals surface area contributed by atoms with Crippen molar-refractivity contribution in [1.82, 2.24) is 5.43 Å². The molecule has 1 aromatic rings. The normalized spacial score (nSPS) is 15.0. The fourth-order valence-corrected chi connectivity index (χ4v) is 2.19. The minimum absolute atomic E-state index is 0.167. The van der Waals surface area contributed by atoms with Gasteiger partial charge in [-0.25, -0.2) is 5.84 Å². The van der Waals surface area contributed by atoms with Crippen molar-refractivity contribution in [2.75, 3.05) is 13.7 Å². The standard InChI is InChI=1S/C13H18N2O3/c1-17-8-12(13(16)15-14)18-11-6-5-9-3-2-4-10(9)7-11/h5-7,12H,2-4,8,14H2,1H3,(H,15,16). The highest BCUT2D eigenvalue weighted by molar-refractivity contribution is 5.80. The molecule has 2 rings (SSSR count). The van der Waals surface area contributed by atoms with Crippen LogP contribution in [0.15, 0.2) is 18.2 Å². The third kappa shape index (κ3) is 2.80. The zero-order chi connectivity index (χ0) is 13.0. The third-order valence-corrected chi connectivity index (χ3v) is 3.10. The molecule has 1 atom stereocenters. The molecule has 0 saturated carbocycles. The van der Waals surface area contributed by atoms with Crippen LogP contribution in [0.3, 0.4) is 0 Å². The Hall–Kier alpha value is -1.59. The number of hydrazine groups is 1. The van der Waals surface area contributed by atoms with E-state index < -0.39 is 12.0 Å². The molecule has 0 aliphatic heterocycles. The predicted octanol–water partition coefficient (Wildman–Crippen LogP) is 0.559. The summed E-state index contributed by atoms with van der Waals surface area (Å²) < 4.78 is 10.6. The van der Waals surface area contributed by atoms with Crippen molar-refractivity contribution in [3.8, 4) is 5.75 Å². The Balaban J connectivity index is 2.09. The van der Waals surface area contributed by atoms with E-state index in [2.05, 4.69) is 11.5 Å². The predicted molar refractivity (Wildman–Crippen MR) is 67.1 cm³/mol. The van der Waals surface area contributed by atoms with Crippen LogP contribution in [0.2, 0.25) is 0 Å². The zero-order valence-electron chi connectivity index (χ0n) is 10.4. The summed E-state index contributed by atoms with van der Waals surface area (Å²) in [6.45, 7) is 0.167. The number of aryl methyl sites for hydroxylation is 2. The van der Waals surface area contributed by atoms with Crippen LogP contribution in [0.5, 0.6) is 5.75 Å². The Kier molecular flexibility index (Phi) is 4.17. The second kappa shape index (κ2) is 5.84. The van der Waals surface area contributed by atoms with Gasteiger partial charge in [-0.3, -0.25) is 10.2 Å². The summed E-state index contributed by atoms with van der Waals surface area (Å²) >= 11 is 0. The average molecular weight is 250 g/mol. The van der Waals surface area contributed by atoms with Crippen LogP contribution in [-0.4, -0.2) is 25.7 Å². The minimum Gasteiger partial charge on any atom is -0.478 e. The molecule has 1 aromatic carbocycles. The lowest BCUT2D eigenvalue weighted by Gasteiger charge is -2.17. The van der Waals surface area contributed by atoms with Crippen molar-refractivity contribution in [3.05, 3.63) is 29.3 Å². The Labute approximate surface area is 106 Å². The number of amides is 1. The van der Waals surface area contributed by atoms with E-state index in [4.69, 9.17) is 15.3 Å². The molecule has 1 unspecified atom stereocenters. The number of nitrogens with two attached hydrogens (primary N) is 1. The van der Waals surface area contributed by atoms with Crippen LogP contribution in [0.25, 0.3) is 0 Å². The average Bonchev–Trinajstić information content (AvgIpc) is 2.84. The van der Waals surface area contributed by atoms with Crippen LogP contribution in [0.4, 0.5) is 0 Å². The molecule has 0 fully saturated rings. The Morgan fingerprint density at radius 2 is 2.22 bits per heavy atom. The molecule has 5 nitrogen and oxygen atoms in total. The van der Waals surface area contributed by atoms with Crippen molar-refractivity contribution >= 4 is 5.91 Å². The van der Waals surface area contributed by atoms with Gasteiger partial charge in [-0.2, -0.15) is 0 Å². The molecule has 0 spiro atoms. The fraction of sp³-hybridized carbons (Fsp3) is 0.462. The van der Waals surface area contributed by atoms with Crippen LogP contribution in [-0.2, 0) is 22.4 Å². The van der Waals surface area contributed by atoms with E-state index >= 15 is 0 Å². The van der Waals surface area contributed by atoms with E-state index in [0.29, 0.717) is 5.75 Å². The van der Waals surface area contributed by atoms with Gasteiger partial charge in [0.1, 0.15) is 5.75 Å². The largest absolute Gasteiger partial charge is 0.478 e. The first kappa shape index (κ1) is 12.9. The van der Waals surface area contributed by atoms with E-state index in [-0.39, 0.29) is 6.61 Å². The number of hydrogen-bond donors (Lipinski definition) is 2. The molecule has 3 N–H and O–H groups in total. The topological polar surface area (TPSA) is 73.6 Å². The van der Waals surface area contributed by atoms with E-state index in [0.717, 1.165) is 12.8 Å². The molecule has 1 amide bonds. The number of fused-ring (bicyclic) bond motifs is 1. The van der Waals surface area contributed by atoms with Crippen LogP contribution >= 0.6 is 0 Å². The molecule has 98 valence electrons. The maximum absolute atomic E-state index is 11.5. The number of carbonyl (C=O) groups excluding carboxylic acids is 1. The first-order valence-corrected chi connectivity index (χ1v) is 6.02. The molecule has 0 heterocycles. The van der Waals surface area contributed by atoms with Crippen molar-refractivity contribution in [3.63, 3.8) is 0 Å². The van der Waals surface area contributed by atoms with E-state index in [9.17, 15) is 4.79 Å². The summed E-state index contributed by atoms with van der Waals surface area (Å²) in [5.74, 6) is 5.40. The van der Waals surface area contributed by atoms with Gasteiger partial charge in [-0.15, -0.1) is 0 Å². The molecule has 18 heavy (non-hydrogen) atoms. The van der Waals surface area contributed by atoms with Gasteiger partial charge in [-0.05, 0) is 42.5 Å². The number of ether oxygens (including phenoxy) is 2. The minimum atomic E-state index is -0.723. The summed E-state index contributed by atoms with van der Waals surface area (Å²) in [4.78, 5) is 11.5. The summed E-state index contributed by atoms with van der Waals surface area (Å²) in [5.41, 5.74) is 4.75. The molecule has 1 aliphatic carbocycles. The summed E-state index contributed by atoms with van der Waals surface area (Å²) in [7, 11) is 1.52. The van der Waals surface area contributed by atoms with Crippen LogP contribution < -0.4 is 16.0 Å². The number of methoxy groups -OCH3 is 1. The molecular formula is C13H18N2O3. The van der Waals surface area contributed by atoms with Gasteiger partial charge >= 0.3 is 0 Å². The first-order valence-electron chi connectivity index (χ1n) is 6.02.